The molecule has 0 aliphatic rings. The highest BCUT2D eigenvalue weighted by molar-refractivity contribution is 7.47. The van der Waals surface area contributed by atoms with Gasteiger partial charge in [0.15, 0.2) is 0 Å². The van der Waals surface area contributed by atoms with Gasteiger partial charge in [-0.25, -0.2) is 0 Å². The van der Waals surface area contributed by atoms with E-state index in [1.807, 2.05) is 18.2 Å². The Morgan fingerprint density at radius 2 is 2.00 bits per heavy atom. The average molecular weight is 196 g/mol. The summed E-state index contributed by atoms with van der Waals surface area (Å²) in [5, 5.41) is 10.6. The van der Waals surface area contributed by atoms with Crippen LogP contribution in [-0.2, 0) is 0 Å². The van der Waals surface area contributed by atoms with Crippen LogP contribution in [0.3, 0.4) is 0 Å². The van der Waals surface area contributed by atoms with E-state index in [-0.39, 0.29) is 0 Å². The van der Waals surface area contributed by atoms with Gasteiger partial charge < -0.3 is 5.11 Å². The normalized spacial score (nSPS) is 11.2. The van der Waals surface area contributed by atoms with E-state index >= 15 is 0 Å². The van der Waals surface area contributed by atoms with Gasteiger partial charge in [-0.2, -0.15) is 0 Å². The van der Waals surface area contributed by atoms with Crippen LogP contribution in [0.25, 0.3) is 0 Å². The van der Waals surface area contributed by atoms with Crippen LogP contribution in [0.5, 0.6) is 5.75 Å². The molecule has 0 amide bonds. The van der Waals surface area contributed by atoms with Crippen molar-refractivity contribution in [3.63, 3.8) is 0 Å². The lowest BCUT2D eigenvalue weighted by atomic mass is 10.3. The molecule has 1 unspecified atom stereocenters. The zero-order valence-corrected chi connectivity index (χ0v) is 9.09. The number of aromatic hydroxyl groups is 1. The second kappa shape index (κ2) is 5.99. The smallest absolute Gasteiger partial charge is 0.122 e. The lowest BCUT2D eigenvalue weighted by molar-refractivity contribution is 0.480. The summed E-state index contributed by atoms with van der Waals surface area (Å²) in [5.74, 6) is 0.456. The summed E-state index contributed by atoms with van der Waals surface area (Å²) in [6, 6.07) is 7.64. The van der Waals surface area contributed by atoms with Gasteiger partial charge in [0.1, 0.15) is 5.75 Å². The molecule has 0 aliphatic heterocycles. The third kappa shape index (κ3) is 3.78. The number of phenols is 1. The predicted molar refractivity (Wildman–Crippen MR) is 60.4 cm³/mol. The Labute approximate surface area is 82.0 Å². The van der Waals surface area contributed by atoms with Crippen molar-refractivity contribution < 1.29 is 5.11 Å². The van der Waals surface area contributed by atoms with E-state index in [0.29, 0.717) is 5.75 Å². The highest BCUT2D eigenvalue weighted by atomic mass is 31.1. The van der Waals surface area contributed by atoms with Gasteiger partial charge in [-0.3, -0.25) is 0 Å². The third-order valence-electron chi connectivity index (χ3n) is 2.00. The number of hydrogen-bond donors (Lipinski definition) is 1. The van der Waals surface area contributed by atoms with Crippen molar-refractivity contribution in [3.05, 3.63) is 24.3 Å². The molecule has 13 heavy (non-hydrogen) atoms. The lowest BCUT2D eigenvalue weighted by Gasteiger charge is -2.03. The molecule has 1 N–H and O–H groups in total. The van der Waals surface area contributed by atoms with Crippen molar-refractivity contribution in [2.24, 2.45) is 0 Å². The number of hydrogen-bond acceptors (Lipinski definition) is 1. The Balaban J connectivity index is 2.32. The van der Waals surface area contributed by atoms with E-state index in [1.54, 1.807) is 6.07 Å². The first-order valence-electron chi connectivity index (χ1n) is 4.86. The SMILES string of the molecule is CCCCCPc1ccccc1O. The van der Waals surface area contributed by atoms with E-state index in [1.165, 1.54) is 25.4 Å². The maximum atomic E-state index is 9.47. The van der Waals surface area contributed by atoms with E-state index in [9.17, 15) is 5.11 Å². The number of phenolic OH excluding ortho intramolecular Hbond substituents is 1. The summed E-state index contributed by atoms with van der Waals surface area (Å²) in [5.41, 5.74) is 0. The second-order valence-corrected chi connectivity index (χ2v) is 4.54. The van der Waals surface area contributed by atoms with Crippen LogP contribution >= 0.6 is 8.58 Å². The molecule has 0 spiro atoms. The van der Waals surface area contributed by atoms with Gasteiger partial charge in [0.25, 0.3) is 0 Å². The van der Waals surface area contributed by atoms with Gasteiger partial charge in [0.2, 0.25) is 0 Å². The number of unbranched alkanes of at least 4 members (excludes halogenated alkanes) is 2. The molecule has 0 saturated carbocycles. The molecular weight excluding hydrogens is 179 g/mol. The van der Waals surface area contributed by atoms with Gasteiger partial charge >= 0.3 is 0 Å². The Bertz CT molecular complexity index is 248. The largest absolute Gasteiger partial charge is 0.507 e. The predicted octanol–water partition coefficient (Wildman–Crippen LogP) is 2.89. The summed E-state index contributed by atoms with van der Waals surface area (Å²) in [7, 11) is 0.763. The Morgan fingerprint density at radius 1 is 1.23 bits per heavy atom. The van der Waals surface area contributed by atoms with Crippen molar-refractivity contribution in [1.29, 1.82) is 0 Å². The Morgan fingerprint density at radius 3 is 2.69 bits per heavy atom. The molecule has 0 radical (unpaired) electrons. The van der Waals surface area contributed by atoms with Gasteiger partial charge in [-0.05, 0) is 18.6 Å². The molecule has 0 saturated heterocycles. The highest BCUT2D eigenvalue weighted by Gasteiger charge is 1.97. The summed E-state index contributed by atoms with van der Waals surface area (Å²) in [6.07, 6.45) is 5.07. The quantitative estimate of drug-likeness (QED) is 0.567. The third-order valence-corrected chi connectivity index (χ3v) is 3.41. The van der Waals surface area contributed by atoms with Gasteiger partial charge in [0, 0.05) is 5.30 Å². The molecule has 1 rings (SSSR count). The topological polar surface area (TPSA) is 20.2 Å². The van der Waals surface area contributed by atoms with E-state index in [0.717, 1.165) is 13.9 Å². The average Bonchev–Trinajstić information content (AvgIpc) is 2.15. The molecule has 0 fully saturated rings. The fourth-order valence-electron chi connectivity index (χ4n) is 1.22. The summed E-state index contributed by atoms with van der Waals surface area (Å²) in [6.45, 7) is 2.21. The van der Waals surface area contributed by atoms with Crippen LogP contribution in [0.4, 0.5) is 0 Å². The minimum atomic E-state index is 0.456. The minimum Gasteiger partial charge on any atom is -0.507 e. The zero-order valence-electron chi connectivity index (χ0n) is 8.09. The minimum absolute atomic E-state index is 0.456. The van der Waals surface area contributed by atoms with Gasteiger partial charge in [0.05, 0.1) is 0 Å². The Kier molecular flexibility index (Phi) is 4.85. The summed E-state index contributed by atoms with van der Waals surface area (Å²) < 4.78 is 0. The first-order valence-corrected chi connectivity index (χ1v) is 6.07. The monoisotopic (exact) mass is 196 g/mol. The van der Waals surface area contributed by atoms with Crippen molar-refractivity contribution in [2.75, 3.05) is 6.16 Å². The van der Waals surface area contributed by atoms with Crippen molar-refractivity contribution in [2.45, 2.75) is 26.2 Å². The van der Waals surface area contributed by atoms with Crippen LogP contribution in [0, 0.1) is 0 Å². The van der Waals surface area contributed by atoms with Crippen LogP contribution < -0.4 is 5.30 Å². The van der Waals surface area contributed by atoms with E-state index < -0.39 is 0 Å². The standard InChI is InChI=1S/C11H17OP/c1-2-3-6-9-13-11-8-5-4-7-10(11)12/h4-5,7-8,12-13H,2-3,6,9H2,1H3. The van der Waals surface area contributed by atoms with Crippen LogP contribution in [0.15, 0.2) is 24.3 Å². The molecule has 0 bridgehead atoms. The molecule has 0 aliphatic carbocycles. The molecule has 1 aromatic rings. The zero-order chi connectivity index (χ0) is 9.52. The maximum Gasteiger partial charge on any atom is 0.122 e. The molecule has 1 aromatic carbocycles. The molecule has 2 heteroatoms. The number of rotatable bonds is 5. The van der Waals surface area contributed by atoms with E-state index in [4.69, 9.17) is 0 Å². The van der Waals surface area contributed by atoms with Crippen molar-refractivity contribution >= 4 is 13.9 Å². The maximum absolute atomic E-state index is 9.47. The van der Waals surface area contributed by atoms with Crippen LogP contribution in [0.1, 0.15) is 26.2 Å². The van der Waals surface area contributed by atoms with Gasteiger partial charge in [-0.1, -0.05) is 46.5 Å². The summed E-state index contributed by atoms with van der Waals surface area (Å²) >= 11 is 0. The van der Waals surface area contributed by atoms with Crippen molar-refractivity contribution in [3.8, 4) is 5.75 Å². The Hall–Kier alpha value is -0.550. The fraction of sp³-hybridized carbons (Fsp3) is 0.455. The van der Waals surface area contributed by atoms with Crippen molar-refractivity contribution in [1.82, 2.24) is 0 Å². The van der Waals surface area contributed by atoms with Crippen LogP contribution in [0.2, 0.25) is 0 Å². The number of para-hydroxylation sites is 1. The highest BCUT2D eigenvalue weighted by Crippen LogP contribution is 2.19. The number of benzene rings is 1. The molecule has 1 atom stereocenters. The molecule has 0 aromatic heterocycles. The summed E-state index contributed by atoms with van der Waals surface area (Å²) in [4.78, 5) is 0. The first kappa shape index (κ1) is 10.5. The van der Waals surface area contributed by atoms with Crippen LogP contribution in [-0.4, -0.2) is 11.3 Å². The van der Waals surface area contributed by atoms with Gasteiger partial charge in [-0.15, -0.1) is 0 Å². The first-order chi connectivity index (χ1) is 6.34. The fourth-order valence-corrected chi connectivity index (χ4v) is 2.40. The molecule has 0 heterocycles. The molecule has 1 nitrogen and oxygen atoms in total. The second-order valence-electron chi connectivity index (χ2n) is 3.15. The molecule has 72 valence electrons. The lowest BCUT2D eigenvalue weighted by Crippen LogP contribution is -1.95. The van der Waals surface area contributed by atoms with E-state index in [2.05, 4.69) is 6.92 Å². The molecular formula is C11H17OP.